The molecule has 1 aliphatic heterocycles. The molecule has 1 aliphatic rings. The van der Waals surface area contributed by atoms with E-state index in [0.717, 1.165) is 60.4 Å². The monoisotopic (exact) mass is 390 g/mol. The van der Waals surface area contributed by atoms with E-state index in [1.807, 2.05) is 24.3 Å². The van der Waals surface area contributed by atoms with Crippen molar-refractivity contribution in [3.8, 4) is 0 Å². The van der Waals surface area contributed by atoms with Crippen LogP contribution in [0.25, 0.3) is 22.0 Å². The number of benzene rings is 1. The summed E-state index contributed by atoms with van der Waals surface area (Å²) in [6.07, 6.45) is 3.73. The lowest BCUT2D eigenvalue weighted by atomic mass is 9.97. The number of furan rings is 1. The fourth-order valence-electron chi connectivity index (χ4n) is 3.86. The number of hydrogen-bond acceptors (Lipinski definition) is 7. The van der Waals surface area contributed by atoms with Crippen molar-refractivity contribution in [3.05, 3.63) is 53.0 Å². The van der Waals surface area contributed by atoms with Crippen LogP contribution in [0.2, 0.25) is 0 Å². The molecule has 8 nitrogen and oxygen atoms in total. The van der Waals surface area contributed by atoms with Gasteiger partial charge in [0.2, 0.25) is 11.5 Å². The minimum absolute atomic E-state index is 0.131. The summed E-state index contributed by atoms with van der Waals surface area (Å²) in [5.41, 5.74) is 8.71. The Morgan fingerprint density at radius 2 is 2.00 bits per heavy atom. The number of rotatable bonds is 4. The maximum atomic E-state index is 11.6. The van der Waals surface area contributed by atoms with Crippen molar-refractivity contribution < 1.29 is 4.42 Å². The molecule has 0 atom stereocenters. The van der Waals surface area contributed by atoms with E-state index in [1.54, 1.807) is 12.3 Å². The van der Waals surface area contributed by atoms with Crippen molar-refractivity contribution >= 4 is 39.5 Å². The average molecular weight is 390 g/mol. The van der Waals surface area contributed by atoms with E-state index in [9.17, 15) is 4.79 Å². The molecule has 0 saturated carbocycles. The van der Waals surface area contributed by atoms with Crippen molar-refractivity contribution in [1.29, 1.82) is 0 Å². The Morgan fingerprint density at radius 1 is 1.17 bits per heavy atom. The molecule has 4 heterocycles. The molecule has 148 valence electrons. The van der Waals surface area contributed by atoms with Gasteiger partial charge in [-0.15, -0.1) is 0 Å². The highest BCUT2D eigenvalue weighted by atomic mass is 16.3. The van der Waals surface area contributed by atoms with Gasteiger partial charge in [0, 0.05) is 30.9 Å². The van der Waals surface area contributed by atoms with Crippen LogP contribution in [0.5, 0.6) is 0 Å². The number of anilines is 3. The van der Waals surface area contributed by atoms with Gasteiger partial charge in [-0.05, 0) is 48.9 Å². The second-order valence-electron chi connectivity index (χ2n) is 7.42. The van der Waals surface area contributed by atoms with Gasteiger partial charge >= 0.3 is 0 Å². The Kier molecular flexibility index (Phi) is 4.40. The summed E-state index contributed by atoms with van der Waals surface area (Å²) in [6.45, 7) is 2.52. The van der Waals surface area contributed by atoms with Crippen LogP contribution >= 0.6 is 0 Å². The first-order valence-electron chi connectivity index (χ1n) is 9.80. The highest BCUT2D eigenvalue weighted by molar-refractivity contribution is 5.86. The quantitative estimate of drug-likeness (QED) is 0.491. The lowest BCUT2D eigenvalue weighted by Gasteiger charge is -2.32. The zero-order chi connectivity index (χ0) is 19.8. The van der Waals surface area contributed by atoms with Gasteiger partial charge in [-0.2, -0.15) is 4.98 Å². The molecular weight excluding hydrogens is 368 g/mol. The first-order chi connectivity index (χ1) is 14.2. The maximum Gasteiger partial charge on any atom is 0.248 e. The van der Waals surface area contributed by atoms with E-state index in [2.05, 4.69) is 20.2 Å². The van der Waals surface area contributed by atoms with Crippen LogP contribution in [0.1, 0.15) is 12.8 Å². The molecule has 1 aromatic carbocycles. The molecule has 1 saturated heterocycles. The maximum absolute atomic E-state index is 11.6. The number of nitrogens with zero attached hydrogens (tertiary/aromatic N) is 3. The van der Waals surface area contributed by atoms with Crippen molar-refractivity contribution in [3.63, 3.8) is 0 Å². The third kappa shape index (κ3) is 3.42. The van der Waals surface area contributed by atoms with Crippen LogP contribution in [0, 0.1) is 5.92 Å². The molecule has 3 aromatic heterocycles. The first-order valence-corrected chi connectivity index (χ1v) is 9.80. The first kappa shape index (κ1) is 17.7. The number of aromatic amines is 1. The SMILES string of the molecule is NCC1CCN(c2nc(Nc3ccc4ccc(=O)[nH]c4c3)nc3ccoc23)CC1. The zero-order valence-corrected chi connectivity index (χ0v) is 15.9. The number of H-pyrrole nitrogens is 1. The molecule has 8 heteroatoms. The third-order valence-corrected chi connectivity index (χ3v) is 5.51. The Balaban J connectivity index is 1.48. The number of pyridine rings is 1. The van der Waals surface area contributed by atoms with Crippen LogP contribution in [-0.2, 0) is 0 Å². The van der Waals surface area contributed by atoms with Crippen molar-refractivity contribution in [2.24, 2.45) is 11.7 Å². The lowest BCUT2D eigenvalue weighted by Crippen LogP contribution is -2.36. The Labute approximate surface area is 166 Å². The highest BCUT2D eigenvalue weighted by Crippen LogP contribution is 2.30. The summed E-state index contributed by atoms with van der Waals surface area (Å²) in [4.78, 5) is 26.0. The van der Waals surface area contributed by atoms with Gasteiger partial charge in [0.15, 0.2) is 11.4 Å². The van der Waals surface area contributed by atoms with Crippen LogP contribution < -0.4 is 21.5 Å². The van der Waals surface area contributed by atoms with Crippen LogP contribution in [-0.4, -0.2) is 34.6 Å². The molecule has 1 fully saturated rings. The Bertz CT molecular complexity index is 1220. The van der Waals surface area contributed by atoms with E-state index in [-0.39, 0.29) is 5.56 Å². The van der Waals surface area contributed by atoms with Crippen LogP contribution in [0.3, 0.4) is 0 Å². The van der Waals surface area contributed by atoms with Crippen LogP contribution in [0.4, 0.5) is 17.5 Å². The van der Waals surface area contributed by atoms with Crippen molar-refractivity contribution in [2.45, 2.75) is 12.8 Å². The lowest BCUT2D eigenvalue weighted by molar-refractivity contribution is 0.412. The summed E-state index contributed by atoms with van der Waals surface area (Å²) in [7, 11) is 0. The van der Waals surface area contributed by atoms with Gasteiger partial charge in [0.25, 0.3) is 0 Å². The second-order valence-corrected chi connectivity index (χ2v) is 7.42. The number of nitrogens with two attached hydrogens (primary N) is 1. The zero-order valence-electron chi connectivity index (χ0n) is 15.9. The Hall–Kier alpha value is -3.39. The molecule has 4 N–H and O–H groups in total. The second kappa shape index (κ2) is 7.21. The number of fused-ring (bicyclic) bond motifs is 2. The molecule has 0 spiro atoms. The molecular formula is C21H22N6O2. The summed E-state index contributed by atoms with van der Waals surface area (Å²) < 4.78 is 5.67. The number of nitrogens with one attached hydrogen (secondary N) is 2. The van der Waals surface area contributed by atoms with Gasteiger partial charge in [-0.25, -0.2) is 4.98 Å². The topological polar surface area (TPSA) is 113 Å². The van der Waals surface area contributed by atoms with Gasteiger partial charge in [0.05, 0.1) is 11.8 Å². The molecule has 0 radical (unpaired) electrons. The smallest absolute Gasteiger partial charge is 0.248 e. The summed E-state index contributed by atoms with van der Waals surface area (Å²) in [6, 6.07) is 10.9. The predicted octanol–water partition coefficient (Wildman–Crippen LogP) is 2.98. The van der Waals surface area contributed by atoms with E-state index < -0.39 is 0 Å². The summed E-state index contributed by atoms with van der Waals surface area (Å²) in [5.74, 6) is 1.86. The Morgan fingerprint density at radius 3 is 2.83 bits per heavy atom. The average Bonchev–Trinajstić information content (AvgIpc) is 3.21. The van der Waals surface area contributed by atoms with Crippen LogP contribution in [0.15, 0.2) is 51.9 Å². The molecule has 29 heavy (non-hydrogen) atoms. The number of piperidine rings is 1. The molecule has 0 amide bonds. The van der Waals surface area contributed by atoms with Gasteiger partial charge < -0.3 is 25.4 Å². The fourth-order valence-corrected chi connectivity index (χ4v) is 3.86. The third-order valence-electron chi connectivity index (χ3n) is 5.51. The fraction of sp³-hybridized carbons (Fsp3) is 0.286. The van der Waals surface area contributed by atoms with E-state index >= 15 is 0 Å². The summed E-state index contributed by atoms with van der Waals surface area (Å²) in [5, 5.41) is 4.23. The van der Waals surface area contributed by atoms with Gasteiger partial charge in [-0.3, -0.25) is 4.79 Å². The standard InChI is InChI=1S/C21H22N6O2/c22-12-13-5-8-27(9-6-13)20-19-16(7-10-29-19)25-21(26-20)23-15-3-1-14-2-4-18(28)24-17(14)11-15/h1-4,7,10-11,13H,5-6,8-9,12,22H2,(H,24,28)(H,23,25,26). The predicted molar refractivity (Wildman–Crippen MR) is 114 cm³/mol. The van der Waals surface area contributed by atoms with Crippen molar-refractivity contribution in [1.82, 2.24) is 15.0 Å². The molecule has 4 aromatic rings. The number of hydrogen-bond donors (Lipinski definition) is 3. The normalized spacial score (nSPS) is 15.3. The summed E-state index contributed by atoms with van der Waals surface area (Å²) >= 11 is 0. The van der Waals surface area contributed by atoms with Gasteiger partial charge in [0.1, 0.15) is 5.52 Å². The van der Waals surface area contributed by atoms with Gasteiger partial charge in [-0.1, -0.05) is 6.07 Å². The molecule has 0 unspecified atom stereocenters. The molecule has 0 bridgehead atoms. The highest BCUT2D eigenvalue weighted by Gasteiger charge is 2.23. The van der Waals surface area contributed by atoms with E-state index in [1.165, 1.54) is 6.07 Å². The number of aromatic nitrogens is 3. The van der Waals surface area contributed by atoms with E-state index in [0.29, 0.717) is 17.4 Å². The van der Waals surface area contributed by atoms with Crippen molar-refractivity contribution in [2.75, 3.05) is 29.9 Å². The largest absolute Gasteiger partial charge is 0.459 e. The minimum atomic E-state index is -0.131. The van der Waals surface area contributed by atoms with E-state index in [4.69, 9.17) is 15.1 Å². The molecule has 5 rings (SSSR count). The molecule has 0 aliphatic carbocycles. The minimum Gasteiger partial charge on any atom is -0.459 e.